The van der Waals surface area contributed by atoms with Crippen molar-refractivity contribution in [3.63, 3.8) is 0 Å². The number of likely N-dealkylation sites (tertiary alicyclic amines) is 1. The molecule has 6 rings (SSSR count). The second-order valence-electron chi connectivity index (χ2n) is 12.8. The van der Waals surface area contributed by atoms with E-state index in [2.05, 4.69) is 89.6 Å². The fourth-order valence-electron chi connectivity index (χ4n) is 6.12. The molecule has 0 aliphatic carbocycles. The van der Waals surface area contributed by atoms with E-state index in [0.717, 1.165) is 63.9 Å². The van der Waals surface area contributed by atoms with Crippen molar-refractivity contribution in [1.29, 1.82) is 0 Å². The van der Waals surface area contributed by atoms with Gasteiger partial charge < -0.3 is 14.2 Å². The van der Waals surface area contributed by atoms with Gasteiger partial charge in [-0.15, -0.1) is 0 Å². The maximum atomic E-state index is 6.15. The van der Waals surface area contributed by atoms with Gasteiger partial charge in [0.05, 0.1) is 17.9 Å². The van der Waals surface area contributed by atoms with Gasteiger partial charge in [0.15, 0.2) is 0 Å². The van der Waals surface area contributed by atoms with E-state index in [-0.39, 0.29) is 0 Å². The third kappa shape index (κ3) is 10.7. The van der Waals surface area contributed by atoms with Crippen LogP contribution >= 0.6 is 0 Å². The normalized spacial score (nSPS) is 13.7. The van der Waals surface area contributed by atoms with Crippen LogP contribution in [0.3, 0.4) is 0 Å². The SMILES string of the molecule is CC/C(=N\N(Cc1ccc(OCCN2CCCCCC2)cc1)c1ccc(OCc2ccccc2)cc1)c1ccc(OCc2ccccc2)cc1. The predicted octanol–water partition coefficient (Wildman–Crippen LogP) is 9.92. The first-order valence-electron chi connectivity index (χ1n) is 18.0. The van der Waals surface area contributed by atoms with Crippen molar-refractivity contribution >= 4 is 11.4 Å². The highest BCUT2D eigenvalue weighted by molar-refractivity contribution is 6.01. The van der Waals surface area contributed by atoms with Gasteiger partial charge in [-0.1, -0.05) is 92.6 Å². The van der Waals surface area contributed by atoms with E-state index in [9.17, 15) is 0 Å². The molecule has 0 unspecified atom stereocenters. The predicted molar refractivity (Wildman–Crippen MR) is 204 cm³/mol. The minimum Gasteiger partial charge on any atom is -0.492 e. The van der Waals surface area contributed by atoms with Gasteiger partial charge in [-0.3, -0.25) is 9.91 Å². The molecule has 6 heteroatoms. The number of hydrazone groups is 1. The molecule has 0 spiro atoms. The highest BCUT2D eigenvalue weighted by Gasteiger charge is 2.12. The fourth-order valence-corrected chi connectivity index (χ4v) is 6.12. The van der Waals surface area contributed by atoms with Gasteiger partial charge in [-0.05, 0) is 115 Å². The summed E-state index contributed by atoms with van der Waals surface area (Å²) < 4.78 is 18.3. The van der Waals surface area contributed by atoms with Crippen molar-refractivity contribution < 1.29 is 14.2 Å². The van der Waals surface area contributed by atoms with Gasteiger partial charge >= 0.3 is 0 Å². The lowest BCUT2D eigenvalue weighted by atomic mass is 10.1. The summed E-state index contributed by atoms with van der Waals surface area (Å²) in [7, 11) is 0. The van der Waals surface area contributed by atoms with Crippen LogP contribution in [0.2, 0.25) is 0 Å². The Labute approximate surface area is 297 Å². The average Bonchev–Trinajstić information content (AvgIpc) is 3.46. The highest BCUT2D eigenvalue weighted by Crippen LogP contribution is 2.25. The number of ether oxygens (including phenoxy) is 3. The zero-order valence-corrected chi connectivity index (χ0v) is 29.3. The van der Waals surface area contributed by atoms with Crippen molar-refractivity contribution in [3.8, 4) is 17.2 Å². The van der Waals surface area contributed by atoms with Crippen LogP contribution in [0, 0.1) is 0 Å². The Hall–Kier alpha value is -5.07. The van der Waals surface area contributed by atoms with Gasteiger partial charge in [-0.2, -0.15) is 5.10 Å². The van der Waals surface area contributed by atoms with Crippen molar-refractivity contribution in [1.82, 2.24) is 4.90 Å². The molecule has 6 nitrogen and oxygen atoms in total. The van der Waals surface area contributed by atoms with Gasteiger partial charge in [0.1, 0.15) is 37.1 Å². The number of anilines is 1. The summed E-state index contributed by atoms with van der Waals surface area (Å²) >= 11 is 0. The summed E-state index contributed by atoms with van der Waals surface area (Å²) in [5.74, 6) is 2.57. The summed E-state index contributed by atoms with van der Waals surface area (Å²) in [5.41, 5.74) is 6.49. The topological polar surface area (TPSA) is 46.5 Å². The van der Waals surface area contributed by atoms with Crippen LogP contribution in [0.25, 0.3) is 0 Å². The summed E-state index contributed by atoms with van der Waals surface area (Å²) in [4.78, 5) is 2.53. The number of benzene rings is 5. The van der Waals surface area contributed by atoms with E-state index in [1.54, 1.807) is 0 Å². The Kier molecular flexibility index (Phi) is 13.0. The first kappa shape index (κ1) is 34.8. The molecule has 258 valence electrons. The molecule has 0 bridgehead atoms. The summed E-state index contributed by atoms with van der Waals surface area (Å²) in [6.45, 7) is 7.89. The molecule has 1 aliphatic rings. The number of hydrogen-bond donors (Lipinski definition) is 0. The monoisotopic (exact) mass is 667 g/mol. The lowest BCUT2D eigenvalue weighted by Crippen LogP contribution is -2.29. The summed E-state index contributed by atoms with van der Waals surface area (Å²) in [5, 5.41) is 7.32. The van der Waals surface area contributed by atoms with Crippen molar-refractivity contribution in [2.45, 2.75) is 58.8 Å². The second-order valence-corrected chi connectivity index (χ2v) is 12.8. The molecule has 1 heterocycles. The molecule has 0 radical (unpaired) electrons. The highest BCUT2D eigenvalue weighted by atomic mass is 16.5. The smallest absolute Gasteiger partial charge is 0.119 e. The summed E-state index contributed by atoms with van der Waals surface area (Å²) in [6.07, 6.45) is 6.07. The number of nitrogens with zero attached hydrogens (tertiary/aromatic N) is 3. The molecule has 0 amide bonds. The first-order valence-corrected chi connectivity index (χ1v) is 18.0. The molecular formula is C44H49N3O3. The Morgan fingerprint density at radius 3 is 1.66 bits per heavy atom. The van der Waals surface area contributed by atoms with Crippen LogP contribution < -0.4 is 19.2 Å². The first-order chi connectivity index (χ1) is 24.7. The van der Waals surface area contributed by atoms with Crippen molar-refractivity contribution in [2.24, 2.45) is 5.10 Å². The third-order valence-corrected chi connectivity index (χ3v) is 9.03. The standard InChI is InChI=1S/C44H49N3O3/c1-2-44(39-19-25-42(26-20-39)49-34-37-13-7-5-8-14-37)45-47(40-21-27-43(28-22-40)50-35-38-15-9-6-10-16-38)33-36-17-23-41(24-18-36)48-32-31-46-29-11-3-4-12-30-46/h5-10,13-28H,2-4,11-12,29-35H2,1H3/b45-44+. The molecule has 1 aliphatic heterocycles. The minimum atomic E-state index is 0.527. The van der Waals surface area contributed by atoms with E-state index >= 15 is 0 Å². The zero-order chi connectivity index (χ0) is 34.2. The fraction of sp³-hybridized carbons (Fsp3) is 0.295. The average molecular weight is 668 g/mol. The van der Waals surface area contributed by atoms with Crippen LogP contribution in [0.1, 0.15) is 61.3 Å². The van der Waals surface area contributed by atoms with E-state index in [1.807, 2.05) is 60.7 Å². The van der Waals surface area contributed by atoms with Crippen LogP contribution in [0.5, 0.6) is 17.2 Å². The van der Waals surface area contributed by atoms with Gasteiger partial charge in [0.2, 0.25) is 0 Å². The molecule has 0 N–H and O–H groups in total. The second kappa shape index (κ2) is 18.6. The third-order valence-electron chi connectivity index (χ3n) is 9.03. The quantitative estimate of drug-likeness (QED) is 0.0775. The molecule has 1 fully saturated rings. The molecule has 0 aromatic heterocycles. The molecule has 5 aromatic carbocycles. The maximum absolute atomic E-state index is 6.15. The number of rotatable bonds is 16. The molecular weight excluding hydrogens is 619 g/mol. The maximum Gasteiger partial charge on any atom is 0.119 e. The Bertz CT molecular complexity index is 1720. The van der Waals surface area contributed by atoms with E-state index < -0.39 is 0 Å². The number of hydrogen-bond acceptors (Lipinski definition) is 6. The lowest BCUT2D eigenvalue weighted by molar-refractivity contribution is 0.214. The van der Waals surface area contributed by atoms with Crippen LogP contribution in [0.4, 0.5) is 5.69 Å². The molecule has 0 saturated carbocycles. The van der Waals surface area contributed by atoms with Crippen molar-refractivity contribution in [2.75, 3.05) is 31.3 Å². The lowest BCUT2D eigenvalue weighted by Gasteiger charge is -2.22. The van der Waals surface area contributed by atoms with Gasteiger partial charge in [-0.25, -0.2) is 0 Å². The van der Waals surface area contributed by atoms with Gasteiger partial charge in [0, 0.05) is 6.54 Å². The molecule has 50 heavy (non-hydrogen) atoms. The van der Waals surface area contributed by atoms with E-state index in [0.29, 0.717) is 26.4 Å². The minimum absolute atomic E-state index is 0.527. The molecule has 5 aromatic rings. The van der Waals surface area contributed by atoms with Gasteiger partial charge in [0.25, 0.3) is 0 Å². The Morgan fingerprint density at radius 2 is 1.10 bits per heavy atom. The Balaban J connectivity index is 1.15. The van der Waals surface area contributed by atoms with Crippen LogP contribution in [-0.4, -0.2) is 36.9 Å². The Morgan fingerprint density at radius 1 is 0.580 bits per heavy atom. The molecule has 1 saturated heterocycles. The zero-order valence-electron chi connectivity index (χ0n) is 29.3. The molecule has 0 atom stereocenters. The largest absolute Gasteiger partial charge is 0.492 e. The van der Waals surface area contributed by atoms with Crippen LogP contribution in [0.15, 0.2) is 139 Å². The van der Waals surface area contributed by atoms with E-state index in [1.165, 1.54) is 38.8 Å². The van der Waals surface area contributed by atoms with Crippen LogP contribution in [-0.2, 0) is 19.8 Å². The summed E-state index contributed by atoms with van der Waals surface area (Å²) in [6, 6.07) is 45.4. The van der Waals surface area contributed by atoms with Crippen molar-refractivity contribution in [3.05, 3.63) is 156 Å². The van der Waals surface area contributed by atoms with E-state index in [4.69, 9.17) is 19.3 Å².